The van der Waals surface area contributed by atoms with Gasteiger partial charge in [-0.05, 0) is 31.0 Å². The third-order valence-corrected chi connectivity index (χ3v) is 7.16. The zero-order valence-electron chi connectivity index (χ0n) is 23.7. The molecule has 3 rings (SSSR count). The predicted molar refractivity (Wildman–Crippen MR) is 145 cm³/mol. The molecule has 0 unspecified atom stereocenters. The van der Waals surface area contributed by atoms with Crippen LogP contribution >= 0.6 is 0 Å². The molecule has 2 fully saturated rings. The van der Waals surface area contributed by atoms with Gasteiger partial charge in [0.05, 0.1) is 25.8 Å². The van der Waals surface area contributed by atoms with Crippen LogP contribution in [0.1, 0.15) is 12.5 Å². The Morgan fingerprint density at radius 2 is 1.48 bits per heavy atom. The predicted octanol–water partition coefficient (Wildman–Crippen LogP) is -6.33. The lowest BCUT2D eigenvalue weighted by atomic mass is 9.97. The summed E-state index contributed by atoms with van der Waals surface area (Å²) in [4.78, 5) is 35.1. The zero-order valence-corrected chi connectivity index (χ0v) is 23.7. The van der Waals surface area contributed by atoms with Crippen LogP contribution in [0.3, 0.4) is 0 Å². The van der Waals surface area contributed by atoms with Gasteiger partial charge in [0.1, 0.15) is 60.6 Å². The molecule has 2 aliphatic heterocycles. The maximum atomic E-state index is 12.3. The summed E-state index contributed by atoms with van der Waals surface area (Å²) < 4.78 is 22.0. The van der Waals surface area contributed by atoms with Crippen LogP contribution in [0.4, 0.5) is 0 Å². The average Bonchev–Trinajstić information content (AvgIpc) is 3.00. The highest BCUT2D eigenvalue weighted by Gasteiger charge is 2.51. The summed E-state index contributed by atoms with van der Waals surface area (Å²) >= 11 is 0. The van der Waals surface area contributed by atoms with E-state index in [1.54, 1.807) is 12.1 Å². The molecule has 1 aromatic carbocycles. The highest BCUT2D eigenvalue weighted by Crippen LogP contribution is 2.30. The van der Waals surface area contributed by atoms with Crippen LogP contribution in [0.25, 0.3) is 0 Å². The second-order valence-electron chi connectivity index (χ2n) is 10.5. The Morgan fingerprint density at radius 3 is 2.07 bits per heavy atom. The van der Waals surface area contributed by atoms with Crippen molar-refractivity contribution in [2.24, 2.45) is 11.5 Å². The SMILES string of the molecule is C[C@H](NC(=O)CNC(=O)[C@@H](N)Cc1ccc(O[C@@H]2O[C@H](CO)[C@@H](O[C@@H]3O[C@H](CO)[C@H](O)[C@H](O)[C@H]3O)[C@H](O)[C@H]2O)cc1)C(N)=O. The summed E-state index contributed by atoms with van der Waals surface area (Å²) in [5.74, 6) is -1.79. The van der Waals surface area contributed by atoms with Gasteiger partial charge in [0.2, 0.25) is 24.0 Å². The number of rotatable bonds is 13. The minimum absolute atomic E-state index is 0.0796. The van der Waals surface area contributed by atoms with E-state index in [2.05, 4.69) is 10.6 Å². The molecule has 2 aliphatic rings. The first-order valence-corrected chi connectivity index (χ1v) is 13.7. The normalized spacial score (nSPS) is 33.6. The van der Waals surface area contributed by atoms with Crippen LogP contribution in [0.15, 0.2) is 24.3 Å². The highest BCUT2D eigenvalue weighted by atomic mass is 16.7. The first-order valence-electron chi connectivity index (χ1n) is 13.7. The van der Waals surface area contributed by atoms with Crippen LogP contribution < -0.4 is 26.8 Å². The van der Waals surface area contributed by atoms with Gasteiger partial charge in [0, 0.05) is 0 Å². The quantitative estimate of drug-likeness (QED) is 0.0963. The van der Waals surface area contributed by atoms with Crippen LogP contribution in [0.5, 0.6) is 5.75 Å². The summed E-state index contributed by atoms with van der Waals surface area (Å²) in [6.45, 7) is -0.451. The first kappa shape index (κ1) is 35.5. The number of primary amides is 1. The van der Waals surface area contributed by atoms with Crippen molar-refractivity contribution in [1.82, 2.24) is 10.6 Å². The molecule has 44 heavy (non-hydrogen) atoms. The summed E-state index contributed by atoms with van der Waals surface area (Å²) in [7, 11) is 0. The molecular weight excluding hydrogens is 592 g/mol. The summed E-state index contributed by atoms with van der Waals surface area (Å²) in [6, 6.07) is 4.18. The van der Waals surface area contributed by atoms with Gasteiger partial charge in [-0.25, -0.2) is 0 Å². The number of carbonyl (C=O) groups is 3. The van der Waals surface area contributed by atoms with Gasteiger partial charge in [-0.15, -0.1) is 0 Å². The topological polar surface area (TPSA) is 306 Å². The van der Waals surface area contributed by atoms with Crippen molar-refractivity contribution < 1.29 is 69.1 Å². The molecule has 0 saturated carbocycles. The lowest BCUT2D eigenvalue weighted by Crippen LogP contribution is -2.65. The Hall–Kier alpha value is -3.01. The molecule has 3 amide bonds. The Bertz CT molecular complexity index is 1110. The van der Waals surface area contributed by atoms with Crippen molar-refractivity contribution in [2.75, 3.05) is 19.8 Å². The number of aliphatic hydroxyl groups excluding tert-OH is 7. The molecule has 18 heteroatoms. The summed E-state index contributed by atoms with van der Waals surface area (Å²) in [6.07, 6.45) is -15.8. The Balaban J connectivity index is 1.54. The fraction of sp³-hybridized carbons (Fsp3) is 0.654. The second kappa shape index (κ2) is 15.8. The van der Waals surface area contributed by atoms with Crippen LogP contribution in [-0.2, 0) is 35.0 Å². The van der Waals surface area contributed by atoms with E-state index >= 15 is 0 Å². The molecule has 0 radical (unpaired) electrons. The maximum Gasteiger partial charge on any atom is 0.240 e. The molecule has 0 bridgehead atoms. The molecule has 13 N–H and O–H groups in total. The van der Waals surface area contributed by atoms with Gasteiger partial charge in [-0.1, -0.05) is 12.1 Å². The van der Waals surface area contributed by atoms with E-state index in [0.29, 0.717) is 5.56 Å². The van der Waals surface area contributed by atoms with Crippen molar-refractivity contribution >= 4 is 17.7 Å². The average molecular weight is 633 g/mol. The highest BCUT2D eigenvalue weighted by molar-refractivity contribution is 5.90. The Morgan fingerprint density at radius 1 is 0.886 bits per heavy atom. The fourth-order valence-electron chi connectivity index (χ4n) is 4.50. The van der Waals surface area contributed by atoms with Crippen molar-refractivity contribution in [3.05, 3.63) is 29.8 Å². The Kier molecular flexibility index (Phi) is 12.8. The van der Waals surface area contributed by atoms with Crippen LogP contribution in [0, 0.1) is 0 Å². The number of aliphatic hydroxyl groups is 7. The number of hydrogen-bond donors (Lipinski definition) is 11. The standard InChI is InChI=1S/C26H40N4O14/c1-10(23(28)39)30-16(33)7-29-24(40)13(27)6-11-2-4-12(5-3-11)41-25-21(38)19(36)22(15(9-32)43-25)44-26-20(37)18(35)17(34)14(8-31)42-26/h2-5,10,13-15,17-22,25-26,31-32,34-38H,6-9,27H2,1H3,(H2,28,39)(H,29,40)(H,30,33)/t10-,13-,14+,15+,17-,18-,19+,20+,21+,22+,25+,26-/m0/s1. The fourth-order valence-corrected chi connectivity index (χ4v) is 4.50. The number of nitrogens with two attached hydrogens (primary N) is 2. The number of amides is 3. The van der Waals surface area contributed by atoms with Crippen molar-refractivity contribution in [1.29, 1.82) is 0 Å². The van der Waals surface area contributed by atoms with Crippen molar-refractivity contribution in [3.8, 4) is 5.75 Å². The van der Waals surface area contributed by atoms with Gasteiger partial charge >= 0.3 is 0 Å². The number of carbonyl (C=O) groups excluding carboxylic acids is 3. The summed E-state index contributed by atoms with van der Waals surface area (Å²) in [5, 5.41) is 75.5. The lowest BCUT2D eigenvalue weighted by Gasteiger charge is -2.45. The van der Waals surface area contributed by atoms with E-state index in [9.17, 15) is 50.1 Å². The van der Waals surface area contributed by atoms with E-state index in [4.69, 9.17) is 30.4 Å². The Labute approximate surface area is 251 Å². The molecule has 0 spiro atoms. The number of nitrogens with one attached hydrogen (secondary N) is 2. The van der Waals surface area contributed by atoms with Gasteiger partial charge < -0.3 is 76.8 Å². The van der Waals surface area contributed by atoms with Crippen LogP contribution in [0.2, 0.25) is 0 Å². The molecule has 2 heterocycles. The molecule has 0 aromatic heterocycles. The van der Waals surface area contributed by atoms with Gasteiger partial charge in [0.15, 0.2) is 6.29 Å². The molecule has 18 nitrogen and oxygen atoms in total. The minimum Gasteiger partial charge on any atom is -0.462 e. The number of benzene rings is 1. The number of ether oxygens (including phenoxy) is 4. The minimum atomic E-state index is -1.79. The third kappa shape index (κ3) is 8.79. The van der Waals surface area contributed by atoms with E-state index in [-0.39, 0.29) is 12.2 Å². The number of hydrogen-bond acceptors (Lipinski definition) is 15. The third-order valence-electron chi connectivity index (χ3n) is 7.16. The van der Waals surface area contributed by atoms with Crippen molar-refractivity contribution in [2.45, 2.75) is 86.8 Å². The van der Waals surface area contributed by atoms with E-state index in [1.165, 1.54) is 19.1 Å². The molecule has 2 saturated heterocycles. The van der Waals surface area contributed by atoms with E-state index < -0.39 is 111 Å². The largest absolute Gasteiger partial charge is 0.462 e. The van der Waals surface area contributed by atoms with E-state index in [1.807, 2.05) is 0 Å². The van der Waals surface area contributed by atoms with Gasteiger partial charge in [-0.2, -0.15) is 0 Å². The van der Waals surface area contributed by atoms with E-state index in [0.717, 1.165) is 0 Å². The summed E-state index contributed by atoms with van der Waals surface area (Å²) in [5.41, 5.74) is 11.6. The zero-order chi connectivity index (χ0) is 32.7. The van der Waals surface area contributed by atoms with Crippen molar-refractivity contribution in [3.63, 3.8) is 0 Å². The smallest absolute Gasteiger partial charge is 0.240 e. The molecular formula is C26H40N4O14. The molecule has 1 aromatic rings. The first-order chi connectivity index (χ1) is 20.8. The lowest BCUT2D eigenvalue weighted by molar-refractivity contribution is -0.352. The van der Waals surface area contributed by atoms with Gasteiger partial charge in [-0.3, -0.25) is 14.4 Å². The molecule has 12 atom stereocenters. The maximum absolute atomic E-state index is 12.3. The van der Waals surface area contributed by atoms with Gasteiger partial charge in [0.25, 0.3) is 0 Å². The monoisotopic (exact) mass is 632 g/mol. The molecule has 0 aliphatic carbocycles. The van der Waals surface area contributed by atoms with Crippen LogP contribution in [-0.4, -0.2) is 147 Å². The molecule has 248 valence electrons. The second-order valence-corrected chi connectivity index (χ2v) is 10.5.